The van der Waals surface area contributed by atoms with Crippen molar-refractivity contribution in [3.05, 3.63) is 0 Å². The van der Waals surface area contributed by atoms with Gasteiger partial charge < -0.3 is 9.31 Å². The van der Waals surface area contributed by atoms with E-state index in [1.54, 1.807) is 0 Å². The van der Waals surface area contributed by atoms with Gasteiger partial charge in [0.1, 0.15) is 0 Å². The highest BCUT2D eigenvalue weighted by Crippen LogP contribution is 2.17. The smallest absolute Gasteiger partial charge is 0.406 e. The third-order valence-corrected chi connectivity index (χ3v) is 1.73. The average molecular weight is 128 g/mol. The van der Waals surface area contributed by atoms with Crippen LogP contribution in [0.4, 0.5) is 0 Å². The monoisotopic (exact) mass is 128 g/mol. The van der Waals surface area contributed by atoms with Crippen LogP contribution in [0.3, 0.4) is 0 Å². The molecule has 1 aliphatic rings. The van der Waals surface area contributed by atoms with E-state index < -0.39 is 0 Å². The highest BCUT2D eigenvalue weighted by Gasteiger charge is 2.32. The summed E-state index contributed by atoms with van der Waals surface area (Å²) in [4.78, 5) is 0. The highest BCUT2D eigenvalue weighted by atomic mass is 16.6. The first-order valence-corrected chi connectivity index (χ1v) is 3.55. The summed E-state index contributed by atoms with van der Waals surface area (Å²) in [6.45, 7) is 6.15. The van der Waals surface area contributed by atoms with Crippen molar-refractivity contribution in [2.45, 2.75) is 39.3 Å². The summed E-state index contributed by atoms with van der Waals surface area (Å²) in [5.41, 5.74) is 0. The van der Waals surface area contributed by atoms with Crippen LogP contribution < -0.4 is 0 Å². The fourth-order valence-corrected chi connectivity index (χ4v) is 0.925. The van der Waals surface area contributed by atoms with Gasteiger partial charge in [-0.25, -0.2) is 0 Å². The lowest BCUT2D eigenvalue weighted by atomic mass is 9.87. The second kappa shape index (κ2) is 2.71. The van der Waals surface area contributed by atoms with Crippen molar-refractivity contribution >= 4 is 7.12 Å². The molecule has 52 valence electrons. The molecule has 9 heavy (non-hydrogen) atoms. The van der Waals surface area contributed by atoms with Gasteiger partial charge in [0.2, 0.25) is 0 Å². The molecule has 1 unspecified atom stereocenters. The Morgan fingerprint density at radius 3 is 1.89 bits per heavy atom. The van der Waals surface area contributed by atoms with Gasteiger partial charge in [-0.3, -0.25) is 0 Å². The normalized spacial score (nSPS) is 35.7. The maximum atomic E-state index is 5.40. The van der Waals surface area contributed by atoms with E-state index in [2.05, 4.69) is 6.92 Å². The van der Waals surface area contributed by atoms with Gasteiger partial charge in [0.15, 0.2) is 0 Å². The molecule has 3 heteroatoms. The van der Waals surface area contributed by atoms with Crippen molar-refractivity contribution in [2.75, 3.05) is 0 Å². The fraction of sp³-hybridized carbons (Fsp3) is 1.00. The molecule has 1 saturated heterocycles. The van der Waals surface area contributed by atoms with Crippen molar-refractivity contribution in [3.8, 4) is 0 Å². The van der Waals surface area contributed by atoms with Crippen LogP contribution in [0.15, 0.2) is 0 Å². The Morgan fingerprint density at radius 1 is 1.22 bits per heavy atom. The predicted molar refractivity (Wildman–Crippen MR) is 37.3 cm³/mol. The zero-order valence-corrected chi connectivity index (χ0v) is 6.26. The van der Waals surface area contributed by atoms with E-state index in [0.717, 1.165) is 6.32 Å². The van der Waals surface area contributed by atoms with Gasteiger partial charge in [-0.15, -0.1) is 0 Å². The third kappa shape index (κ3) is 1.46. The van der Waals surface area contributed by atoms with Gasteiger partial charge in [-0.2, -0.15) is 0 Å². The van der Waals surface area contributed by atoms with Crippen LogP contribution in [0, 0.1) is 0 Å². The molecule has 0 bridgehead atoms. The zero-order chi connectivity index (χ0) is 6.85. The van der Waals surface area contributed by atoms with Crippen LogP contribution in [0.1, 0.15) is 20.8 Å². The Hall–Kier alpha value is -0.0151. The highest BCUT2D eigenvalue weighted by molar-refractivity contribution is 6.44. The summed E-state index contributed by atoms with van der Waals surface area (Å²) < 4.78 is 10.8. The van der Waals surface area contributed by atoms with Crippen molar-refractivity contribution in [1.29, 1.82) is 0 Å². The molecule has 1 fully saturated rings. The summed E-state index contributed by atoms with van der Waals surface area (Å²) in [6, 6.07) is 0. The molecule has 0 aromatic carbocycles. The summed E-state index contributed by atoms with van der Waals surface area (Å²) in [5, 5.41) is 0. The molecule has 1 heterocycles. The molecule has 2 atom stereocenters. The molecule has 0 saturated carbocycles. The Morgan fingerprint density at radius 2 is 1.67 bits per heavy atom. The lowest BCUT2D eigenvalue weighted by Gasteiger charge is -2.04. The van der Waals surface area contributed by atoms with Crippen molar-refractivity contribution < 1.29 is 9.31 Å². The van der Waals surface area contributed by atoms with Crippen LogP contribution in [0.25, 0.3) is 0 Å². The summed E-state index contributed by atoms with van der Waals surface area (Å²) in [7, 11) is 0.0509. The first kappa shape index (κ1) is 7.10. The summed E-state index contributed by atoms with van der Waals surface area (Å²) >= 11 is 0. The van der Waals surface area contributed by atoms with Gasteiger partial charge in [0.05, 0.1) is 12.2 Å². The first-order valence-electron chi connectivity index (χ1n) is 3.55. The van der Waals surface area contributed by atoms with E-state index in [1.165, 1.54) is 0 Å². The third-order valence-electron chi connectivity index (χ3n) is 1.73. The van der Waals surface area contributed by atoms with Crippen molar-refractivity contribution in [2.24, 2.45) is 0 Å². The van der Waals surface area contributed by atoms with E-state index in [1.807, 2.05) is 13.8 Å². The maximum absolute atomic E-state index is 5.40. The van der Waals surface area contributed by atoms with Crippen LogP contribution in [0.5, 0.6) is 0 Å². The van der Waals surface area contributed by atoms with Crippen molar-refractivity contribution in [1.82, 2.24) is 0 Å². The minimum Gasteiger partial charge on any atom is -0.406 e. The summed E-state index contributed by atoms with van der Waals surface area (Å²) in [5.74, 6) is 0. The minimum absolute atomic E-state index is 0.0509. The maximum Gasteiger partial charge on any atom is 0.457 e. The lowest BCUT2D eigenvalue weighted by Crippen LogP contribution is -2.13. The van der Waals surface area contributed by atoms with E-state index in [0.29, 0.717) is 0 Å². The Labute approximate surface area is 56.7 Å². The first-order chi connectivity index (χ1) is 4.24. The molecule has 0 N–H and O–H groups in total. The van der Waals surface area contributed by atoms with Gasteiger partial charge in [0, 0.05) is 0 Å². The van der Waals surface area contributed by atoms with Gasteiger partial charge in [-0.05, 0) is 20.2 Å². The SMILES string of the molecule is CCB1OC(C)[C@H](C)O1. The second-order valence-electron chi connectivity index (χ2n) is 2.52. The lowest BCUT2D eigenvalue weighted by molar-refractivity contribution is 0.187. The Kier molecular flexibility index (Phi) is 2.14. The topological polar surface area (TPSA) is 18.5 Å². The van der Waals surface area contributed by atoms with Crippen LogP contribution >= 0.6 is 0 Å². The molecule has 0 radical (unpaired) electrons. The molecular formula is C6H13BO2. The number of rotatable bonds is 1. The molecule has 0 spiro atoms. The largest absolute Gasteiger partial charge is 0.457 e. The Balaban J connectivity index is 2.35. The van der Waals surface area contributed by atoms with Crippen LogP contribution in [0.2, 0.25) is 6.32 Å². The average Bonchev–Trinajstić information content (AvgIpc) is 2.13. The van der Waals surface area contributed by atoms with Gasteiger partial charge >= 0.3 is 7.12 Å². The molecule has 0 aromatic rings. The Bertz CT molecular complexity index is 87.1. The van der Waals surface area contributed by atoms with E-state index in [4.69, 9.17) is 9.31 Å². The molecule has 2 nitrogen and oxygen atoms in total. The molecule has 0 aromatic heterocycles. The second-order valence-corrected chi connectivity index (χ2v) is 2.52. The zero-order valence-electron chi connectivity index (χ0n) is 6.26. The number of hydrogen-bond donors (Lipinski definition) is 0. The molecule has 0 aliphatic carbocycles. The van der Waals surface area contributed by atoms with Gasteiger partial charge in [-0.1, -0.05) is 6.92 Å². The van der Waals surface area contributed by atoms with E-state index in [-0.39, 0.29) is 19.3 Å². The summed E-state index contributed by atoms with van der Waals surface area (Å²) in [6.07, 6.45) is 1.50. The standard InChI is InChI=1S/C6H13BO2/c1-4-7-8-5(2)6(3)9-7/h5-6H,4H2,1-3H3/t5-,6?/m0/s1. The van der Waals surface area contributed by atoms with E-state index >= 15 is 0 Å². The molecule has 0 amide bonds. The fourth-order valence-electron chi connectivity index (χ4n) is 0.925. The van der Waals surface area contributed by atoms with Crippen LogP contribution in [-0.4, -0.2) is 19.3 Å². The molecular weight excluding hydrogens is 115 g/mol. The molecule has 1 aliphatic heterocycles. The van der Waals surface area contributed by atoms with Crippen LogP contribution in [-0.2, 0) is 9.31 Å². The minimum atomic E-state index is 0.0509. The number of hydrogen-bond acceptors (Lipinski definition) is 2. The predicted octanol–water partition coefficient (Wildman–Crippen LogP) is 1.32. The van der Waals surface area contributed by atoms with Crippen molar-refractivity contribution in [3.63, 3.8) is 0 Å². The van der Waals surface area contributed by atoms with E-state index in [9.17, 15) is 0 Å². The van der Waals surface area contributed by atoms with Gasteiger partial charge in [0.25, 0.3) is 0 Å². The molecule has 1 rings (SSSR count). The quantitative estimate of drug-likeness (QED) is 0.495.